The maximum absolute atomic E-state index is 13.3. The van der Waals surface area contributed by atoms with Crippen LogP contribution in [0.1, 0.15) is 5.56 Å². The van der Waals surface area contributed by atoms with E-state index < -0.39 is 0 Å². The van der Waals surface area contributed by atoms with Gasteiger partial charge in [0, 0.05) is 6.07 Å². The Labute approximate surface area is 178 Å². The van der Waals surface area contributed by atoms with Crippen molar-refractivity contribution in [2.24, 2.45) is 0 Å². The Morgan fingerprint density at radius 2 is 1.73 bits per heavy atom. The molecular formula is C25H20O4S. The summed E-state index contributed by atoms with van der Waals surface area (Å²) in [7, 11) is 1.61. The molecule has 5 heteroatoms. The van der Waals surface area contributed by atoms with Crippen LogP contribution in [0.3, 0.4) is 0 Å². The van der Waals surface area contributed by atoms with Gasteiger partial charge in [0.05, 0.1) is 18.1 Å². The Morgan fingerprint density at radius 3 is 2.43 bits per heavy atom. The van der Waals surface area contributed by atoms with E-state index in [4.69, 9.17) is 13.9 Å². The summed E-state index contributed by atoms with van der Waals surface area (Å²) in [6, 6.07) is 22.5. The van der Waals surface area contributed by atoms with E-state index in [-0.39, 0.29) is 5.43 Å². The van der Waals surface area contributed by atoms with E-state index in [0.29, 0.717) is 34.0 Å². The third-order valence-electron chi connectivity index (χ3n) is 4.65. The van der Waals surface area contributed by atoms with Crippen LogP contribution in [0.15, 0.2) is 99.1 Å². The summed E-state index contributed by atoms with van der Waals surface area (Å²) in [6.45, 7) is 4.20. The van der Waals surface area contributed by atoms with Gasteiger partial charge in [-0.15, -0.1) is 0 Å². The molecule has 0 saturated carbocycles. The summed E-state index contributed by atoms with van der Waals surface area (Å²) in [4.78, 5) is 13.3. The molecule has 0 atom stereocenters. The molecule has 0 aliphatic heterocycles. The first-order valence-electron chi connectivity index (χ1n) is 9.39. The minimum atomic E-state index is -0.0969. The van der Waals surface area contributed by atoms with Gasteiger partial charge in [0.15, 0.2) is 5.09 Å². The van der Waals surface area contributed by atoms with Crippen LogP contribution in [0, 0.1) is 0 Å². The lowest BCUT2D eigenvalue weighted by molar-refractivity contribution is 0.306. The zero-order valence-corrected chi connectivity index (χ0v) is 17.3. The molecule has 1 heterocycles. The van der Waals surface area contributed by atoms with Gasteiger partial charge in [-0.2, -0.15) is 0 Å². The van der Waals surface area contributed by atoms with Crippen molar-refractivity contribution in [3.05, 3.63) is 101 Å². The van der Waals surface area contributed by atoms with Crippen LogP contribution >= 0.6 is 11.8 Å². The summed E-state index contributed by atoms with van der Waals surface area (Å²) < 4.78 is 17.2. The monoisotopic (exact) mass is 416 g/mol. The summed E-state index contributed by atoms with van der Waals surface area (Å²) in [5.74, 6) is 1.36. The number of ether oxygens (including phenoxy) is 2. The van der Waals surface area contributed by atoms with Crippen molar-refractivity contribution in [1.82, 2.24) is 0 Å². The summed E-state index contributed by atoms with van der Waals surface area (Å²) >= 11 is 1.28. The van der Waals surface area contributed by atoms with Crippen LogP contribution in [-0.4, -0.2) is 7.11 Å². The first-order chi connectivity index (χ1) is 14.7. The number of hydrogen-bond acceptors (Lipinski definition) is 5. The second kappa shape index (κ2) is 8.93. The second-order valence-corrected chi connectivity index (χ2v) is 7.48. The van der Waals surface area contributed by atoms with Crippen molar-refractivity contribution in [1.29, 1.82) is 0 Å². The Bertz CT molecular complexity index is 1230. The van der Waals surface area contributed by atoms with Crippen LogP contribution in [-0.2, 0) is 6.61 Å². The minimum Gasteiger partial charge on any atom is -0.497 e. The molecule has 0 aliphatic rings. The summed E-state index contributed by atoms with van der Waals surface area (Å²) in [5.41, 5.74) is 2.72. The average molecular weight is 416 g/mol. The summed E-state index contributed by atoms with van der Waals surface area (Å²) in [5, 5.41) is 2.64. The number of methoxy groups -OCH3 is 1. The van der Waals surface area contributed by atoms with Crippen LogP contribution in [0.2, 0.25) is 0 Å². The Kier molecular flexibility index (Phi) is 5.91. The van der Waals surface area contributed by atoms with Crippen LogP contribution in [0.5, 0.6) is 11.5 Å². The molecule has 0 N–H and O–H groups in total. The van der Waals surface area contributed by atoms with Gasteiger partial charge in [-0.3, -0.25) is 4.79 Å². The van der Waals surface area contributed by atoms with Gasteiger partial charge in [0.2, 0.25) is 5.43 Å². The molecule has 0 fully saturated rings. The predicted octanol–water partition coefficient (Wildman–Crippen LogP) is 6.28. The topological polar surface area (TPSA) is 48.7 Å². The molecule has 0 bridgehead atoms. The van der Waals surface area contributed by atoms with Gasteiger partial charge in [-0.1, -0.05) is 60.8 Å². The van der Waals surface area contributed by atoms with E-state index in [1.165, 1.54) is 11.8 Å². The molecule has 0 unspecified atom stereocenters. The Balaban J connectivity index is 1.74. The molecule has 4 aromatic rings. The van der Waals surface area contributed by atoms with Crippen molar-refractivity contribution in [2.75, 3.05) is 7.11 Å². The highest BCUT2D eigenvalue weighted by Crippen LogP contribution is 2.34. The molecule has 4 nitrogen and oxygen atoms in total. The Morgan fingerprint density at radius 1 is 1.00 bits per heavy atom. The molecule has 0 saturated heterocycles. The molecule has 0 spiro atoms. The highest BCUT2D eigenvalue weighted by atomic mass is 32.2. The van der Waals surface area contributed by atoms with Gasteiger partial charge in [0.1, 0.15) is 23.7 Å². The van der Waals surface area contributed by atoms with E-state index >= 15 is 0 Å². The van der Waals surface area contributed by atoms with E-state index in [2.05, 4.69) is 6.58 Å². The van der Waals surface area contributed by atoms with Gasteiger partial charge in [-0.25, -0.2) is 0 Å². The fourth-order valence-electron chi connectivity index (χ4n) is 3.15. The lowest BCUT2D eigenvalue weighted by Crippen LogP contribution is -2.07. The number of fused-ring (bicyclic) bond motifs is 1. The molecule has 0 radical (unpaired) electrons. The second-order valence-electron chi connectivity index (χ2n) is 6.54. The van der Waals surface area contributed by atoms with Gasteiger partial charge in [0.25, 0.3) is 0 Å². The van der Waals surface area contributed by atoms with Crippen molar-refractivity contribution in [3.8, 4) is 22.6 Å². The van der Waals surface area contributed by atoms with Gasteiger partial charge in [-0.05, 0) is 40.8 Å². The van der Waals surface area contributed by atoms with Crippen molar-refractivity contribution in [2.45, 2.75) is 11.7 Å². The maximum Gasteiger partial charge on any atom is 0.201 e. The maximum atomic E-state index is 13.3. The van der Waals surface area contributed by atoms with Crippen molar-refractivity contribution < 1.29 is 13.9 Å². The molecule has 4 rings (SSSR count). The zero-order valence-electron chi connectivity index (χ0n) is 16.5. The third-order valence-corrected chi connectivity index (χ3v) is 5.32. The molecular weight excluding hydrogens is 396 g/mol. The van der Waals surface area contributed by atoms with E-state index in [0.717, 1.165) is 16.9 Å². The molecule has 1 aromatic heterocycles. The van der Waals surface area contributed by atoms with Gasteiger partial charge < -0.3 is 13.9 Å². The molecule has 0 amide bonds. The van der Waals surface area contributed by atoms with E-state index in [1.54, 1.807) is 30.7 Å². The number of thioether (sulfide) groups is 1. The first-order valence-corrected chi connectivity index (χ1v) is 10.3. The van der Waals surface area contributed by atoms with Crippen LogP contribution < -0.4 is 14.9 Å². The Hall–Kier alpha value is -3.44. The van der Waals surface area contributed by atoms with Crippen molar-refractivity contribution in [3.63, 3.8) is 0 Å². The van der Waals surface area contributed by atoms with E-state index in [1.807, 2.05) is 54.6 Å². The van der Waals surface area contributed by atoms with Crippen molar-refractivity contribution >= 4 is 22.7 Å². The van der Waals surface area contributed by atoms with Gasteiger partial charge >= 0.3 is 0 Å². The molecule has 30 heavy (non-hydrogen) atoms. The smallest absolute Gasteiger partial charge is 0.201 e. The quantitative estimate of drug-likeness (QED) is 0.332. The lowest BCUT2D eigenvalue weighted by Gasteiger charge is -2.11. The standard InChI is InChI=1S/C25H20O4S/c1-3-30-25-23(18-9-11-19(27-2)12-10-18)24(26)21-14-13-20(15-22(21)29-25)28-16-17-7-5-4-6-8-17/h3-15H,1,16H2,2H3. The fraction of sp³-hybridized carbons (Fsp3) is 0.0800. The van der Waals surface area contributed by atoms with Crippen LogP contribution in [0.25, 0.3) is 22.1 Å². The highest BCUT2D eigenvalue weighted by molar-refractivity contribution is 8.02. The number of benzene rings is 3. The normalized spacial score (nSPS) is 10.7. The predicted molar refractivity (Wildman–Crippen MR) is 121 cm³/mol. The first kappa shape index (κ1) is 19.9. The highest BCUT2D eigenvalue weighted by Gasteiger charge is 2.17. The lowest BCUT2D eigenvalue weighted by atomic mass is 10.1. The third kappa shape index (κ3) is 4.11. The fourth-order valence-corrected chi connectivity index (χ4v) is 3.77. The average Bonchev–Trinajstić information content (AvgIpc) is 2.79. The van der Waals surface area contributed by atoms with E-state index in [9.17, 15) is 4.79 Å². The molecule has 3 aromatic carbocycles. The molecule has 0 aliphatic carbocycles. The SMILES string of the molecule is C=CSc1oc2cc(OCc3ccccc3)ccc2c(=O)c1-c1ccc(OC)cc1. The zero-order chi connectivity index (χ0) is 20.9. The van der Waals surface area contributed by atoms with Crippen LogP contribution in [0.4, 0.5) is 0 Å². The number of rotatable bonds is 7. The largest absolute Gasteiger partial charge is 0.497 e. The number of hydrogen-bond donors (Lipinski definition) is 0. The molecule has 150 valence electrons. The summed E-state index contributed by atoms with van der Waals surface area (Å²) in [6.07, 6.45) is 0. The minimum absolute atomic E-state index is 0.0969.